The van der Waals surface area contributed by atoms with Gasteiger partial charge in [0.2, 0.25) is 0 Å². The molecule has 20 heavy (non-hydrogen) atoms. The van der Waals surface area contributed by atoms with Gasteiger partial charge in [-0.15, -0.1) is 0 Å². The fourth-order valence-corrected chi connectivity index (χ4v) is 2.35. The highest BCUT2D eigenvalue weighted by Gasteiger charge is 2.11. The lowest BCUT2D eigenvalue weighted by atomic mass is 10.0. The number of nitrogens with zero attached hydrogens (tertiary/aromatic N) is 3. The molecule has 4 heteroatoms. The highest BCUT2D eigenvalue weighted by molar-refractivity contribution is 5.12. The van der Waals surface area contributed by atoms with Gasteiger partial charge in [0.1, 0.15) is 0 Å². The molecule has 0 aliphatic rings. The van der Waals surface area contributed by atoms with Crippen molar-refractivity contribution in [2.75, 3.05) is 0 Å². The Morgan fingerprint density at radius 2 is 2.00 bits per heavy atom. The Morgan fingerprint density at radius 3 is 2.65 bits per heavy atom. The summed E-state index contributed by atoms with van der Waals surface area (Å²) in [5, 5.41) is 14.7. The van der Waals surface area contributed by atoms with Gasteiger partial charge in [-0.1, -0.05) is 6.92 Å². The first-order chi connectivity index (χ1) is 9.72. The second kappa shape index (κ2) is 7.20. The summed E-state index contributed by atoms with van der Waals surface area (Å²) >= 11 is 0. The minimum absolute atomic E-state index is 0.324. The highest BCUT2D eigenvalue weighted by Crippen LogP contribution is 2.12. The molecule has 2 heterocycles. The van der Waals surface area contributed by atoms with E-state index in [4.69, 9.17) is 0 Å². The summed E-state index contributed by atoms with van der Waals surface area (Å²) in [4.78, 5) is 4.00. The first-order valence-electron chi connectivity index (χ1n) is 7.35. The summed E-state index contributed by atoms with van der Waals surface area (Å²) in [6, 6.07) is 6.11. The van der Waals surface area contributed by atoms with Gasteiger partial charge in [0.15, 0.2) is 0 Å². The van der Waals surface area contributed by atoms with Crippen LogP contribution in [-0.2, 0) is 25.8 Å². The van der Waals surface area contributed by atoms with Gasteiger partial charge >= 0.3 is 0 Å². The summed E-state index contributed by atoms with van der Waals surface area (Å²) in [7, 11) is 0. The van der Waals surface area contributed by atoms with E-state index >= 15 is 0 Å². The maximum absolute atomic E-state index is 10.2. The predicted molar refractivity (Wildman–Crippen MR) is 79.5 cm³/mol. The maximum atomic E-state index is 10.2. The van der Waals surface area contributed by atoms with Crippen LogP contribution >= 0.6 is 0 Å². The van der Waals surface area contributed by atoms with Crippen molar-refractivity contribution in [3.63, 3.8) is 0 Å². The largest absolute Gasteiger partial charge is 0.393 e. The van der Waals surface area contributed by atoms with Gasteiger partial charge in [-0.05, 0) is 49.9 Å². The Kier molecular flexibility index (Phi) is 5.30. The van der Waals surface area contributed by atoms with E-state index in [0.717, 1.165) is 37.2 Å². The first kappa shape index (κ1) is 14.7. The van der Waals surface area contributed by atoms with Gasteiger partial charge in [0, 0.05) is 31.1 Å². The Morgan fingerprint density at radius 1 is 1.25 bits per heavy atom. The van der Waals surface area contributed by atoms with E-state index in [-0.39, 0.29) is 6.10 Å². The Bertz CT molecular complexity index is 522. The van der Waals surface area contributed by atoms with Gasteiger partial charge in [-0.25, -0.2) is 0 Å². The Labute approximate surface area is 120 Å². The van der Waals surface area contributed by atoms with E-state index < -0.39 is 0 Å². The second-order valence-corrected chi connectivity index (χ2v) is 5.05. The molecule has 108 valence electrons. The van der Waals surface area contributed by atoms with Crippen LogP contribution in [0.1, 0.15) is 37.2 Å². The molecule has 0 aromatic carbocycles. The smallest absolute Gasteiger partial charge is 0.0624 e. The van der Waals surface area contributed by atoms with Crippen molar-refractivity contribution >= 4 is 0 Å². The first-order valence-corrected chi connectivity index (χ1v) is 7.35. The third-order valence-electron chi connectivity index (χ3n) is 3.54. The van der Waals surface area contributed by atoms with Crippen molar-refractivity contribution < 1.29 is 5.11 Å². The zero-order valence-corrected chi connectivity index (χ0v) is 12.3. The number of aliphatic hydroxyl groups excluding tert-OH is 1. The van der Waals surface area contributed by atoms with Gasteiger partial charge in [0.25, 0.3) is 0 Å². The van der Waals surface area contributed by atoms with E-state index in [1.165, 1.54) is 5.56 Å². The van der Waals surface area contributed by atoms with Gasteiger partial charge in [-0.3, -0.25) is 9.67 Å². The molecular weight excluding hydrogens is 250 g/mol. The van der Waals surface area contributed by atoms with Crippen LogP contribution in [0.3, 0.4) is 0 Å². The van der Waals surface area contributed by atoms with Crippen LogP contribution in [0.4, 0.5) is 0 Å². The molecule has 4 nitrogen and oxygen atoms in total. The summed E-state index contributed by atoms with van der Waals surface area (Å²) in [6.45, 7) is 5.04. The molecule has 0 spiro atoms. The zero-order valence-electron chi connectivity index (χ0n) is 12.3. The fourth-order valence-electron chi connectivity index (χ4n) is 2.35. The molecule has 1 N–H and O–H groups in total. The van der Waals surface area contributed by atoms with Gasteiger partial charge in [0.05, 0.1) is 11.8 Å². The van der Waals surface area contributed by atoms with Crippen molar-refractivity contribution in [3.05, 3.63) is 47.5 Å². The van der Waals surface area contributed by atoms with Gasteiger partial charge < -0.3 is 5.11 Å². The molecule has 0 amide bonds. The quantitative estimate of drug-likeness (QED) is 0.842. The van der Waals surface area contributed by atoms with Crippen LogP contribution in [-0.4, -0.2) is 26.0 Å². The average molecular weight is 273 g/mol. The molecule has 2 rings (SSSR count). The van der Waals surface area contributed by atoms with Crippen LogP contribution < -0.4 is 0 Å². The van der Waals surface area contributed by atoms with E-state index in [1.807, 2.05) is 16.8 Å². The number of aryl methyl sites for hydroxylation is 3. The lowest BCUT2D eigenvalue weighted by Gasteiger charge is -2.11. The van der Waals surface area contributed by atoms with Crippen molar-refractivity contribution in [3.8, 4) is 0 Å². The van der Waals surface area contributed by atoms with E-state index in [2.05, 4.69) is 30.0 Å². The molecule has 0 bridgehead atoms. The third kappa shape index (κ3) is 3.90. The minimum atomic E-state index is -0.324. The molecular formula is C16H23N3O. The fraction of sp³-hybridized carbons (Fsp3) is 0.500. The SMILES string of the molecule is CCc1cc(CC(O)CCc2ccncc2)n(CC)n1. The molecule has 0 aliphatic carbocycles. The van der Waals surface area contributed by atoms with Crippen LogP contribution in [0.15, 0.2) is 30.6 Å². The number of pyridine rings is 1. The zero-order chi connectivity index (χ0) is 14.4. The molecule has 0 radical (unpaired) electrons. The monoisotopic (exact) mass is 273 g/mol. The van der Waals surface area contributed by atoms with E-state index in [1.54, 1.807) is 12.4 Å². The van der Waals surface area contributed by atoms with Crippen molar-refractivity contribution in [1.29, 1.82) is 0 Å². The molecule has 0 saturated carbocycles. The molecule has 1 atom stereocenters. The lowest BCUT2D eigenvalue weighted by Crippen LogP contribution is -2.15. The van der Waals surface area contributed by atoms with E-state index in [0.29, 0.717) is 6.42 Å². The topological polar surface area (TPSA) is 50.9 Å². The number of rotatable bonds is 7. The molecule has 0 aliphatic heterocycles. The number of hydrogen-bond acceptors (Lipinski definition) is 3. The number of aromatic nitrogens is 3. The number of hydrogen-bond donors (Lipinski definition) is 1. The third-order valence-corrected chi connectivity index (χ3v) is 3.54. The minimum Gasteiger partial charge on any atom is -0.393 e. The summed E-state index contributed by atoms with van der Waals surface area (Å²) < 4.78 is 1.99. The van der Waals surface area contributed by atoms with Crippen LogP contribution in [0.25, 0.3) is 0 Å². The van der Waals surface area contributed by atoms with Gasteiger partial charge in [-0.2, -0.15) is 5.10 Å². The highest BCUT2D eigenvalue weighted by atomic mass is 16.3. The maximum Gasteiger partial charge on any atom is 0.0624 e. The number of aliphatic hydroxyl groups is 1. The van der Waals surface area contributed by atoms with Crippen LogP contribution in [0.5, 0.6) is 0 Å². The lowest BCUT2D eigenvalue weighted by molar-refractivity contribution is 0.162. The van der Waals surface area contributed by atoms with E-state index in [9.17, 15) is 5.11 Å². The molecule has 2 aromatic heterocycles. The standard InChI is InChI=1S/C16H23N3O/c1-3-14-11-15(19(4-2)18-14)12-16(20)6-5-13-7-9-17-10-8-13/h7-11,16,20H,3-6,12H2,1-2H3. The summed E-state index contributed by atoms with van der Waals surface area (Å²) in [5.41, 5.74) is 3.45. The second-order valence-electron chi connectivity index (χ2n) is 5.05. The predicted octanol–water partition coefficient (Wildman–Crippen LogP) is 2.40. The molecule has 0 fully saturated rings. The molecule has 1 unspecified atom stereocenters. The summed E-state index contributed by atoms with van der Waals surface area (Å²) in [5.74, 6) is 0. The van der Waals surface area contributed by atoms with Crippen LogP contribution in [0, 0.1) is 0 Å². The van der Waals surface area contributed by atoms with Crippen molar-refractivity contribution in [1.82, 2.24) is 14.8 Å². The Hall–Kier alpha value is -1.68. The van der Waals surface area contributed by atoms with Crippen molar-refractivity contribution in [2.45, 2.75) is 52.2 Å². The normalized spacial score (nSPS) is 12.6. The molecule has 0 saturated heterocycles. The van der Waals surface area contributed by atoms with Crippen LogP contribution in [0.2, 0.25) is 0 Å². The Balaban J connectivity index is 1.91. The molecule has 2 aromatic rings. The average Bonchev–Trinajstić information content (AvgIpc) is 2.88. The van der Waals surface area contributed by atoms with Crippen molar-refractivity contribution in [2.24, 2.45) is 0 Å². The summed E-state index contributed by atoms with van der Waals surface area (Å²) in [6.07, 6.45) is 6.52.